The summed E-state index contributed by atoms with van der Waals surface area (Å²) in [5.74, 6) is 0.417. The predicted octanol–water partition coefficient (Wildman–Crippen LogP) is 5.98. The van der Waals surface area contributed by atoms with E-state index < -0.39 is 0 Å². The van der Waals surface area contributed by atoms with Crippen LogP contribution in [0.15, 0.2) is 41.8 Å². The molecule has 5 nitrogen and oxygen atoms in total. The number of amides is 2. The first kappa shape index (κ1) is 20.6. The molecule has 1 aliphatic rings. The summed E-state index contributed by atoms with van der Waals surface area (Å²) in [4.78, 5) is 27.8. The first-order chi connectivity index (χ1) is 14.7. The highest BCUT2D eigenvalue weighted by atomic mass is 32.1. The molecule has 0 aliphatic heterocycles. The van der Waals surface area contributed by atoms with Crippen molar-refractivity contribution in [1.29, 1.82) is 0 Å². The first-order valence-corrected chi connectivity index (χ1v) is 11.9. The van der Waals surface area contributed by atoms with Gasteiger partial charge in [-0.2, -0.15) is 0 Å². The fourth-order valence-electron chi connectivity index (χ4n) is 3.64. The fourth-order valence-corrected chi connectivity index (χ4v) is 5.54. The van der Waals surface area contributed by atoms with Crippen LogP contribution in [-0.4, -0.2) is 18.4 Å². The second kappa shape index (κ2) is 9.45. The number of fused-ring (bicyclic) bond motifs is 1. The smallest absolute Gasteiger partial charge is 0.266 e. The van der Waals surface area contributed by atoms with Gasteiger partial charge in [-0.3, -0.25) is 9.59 Å². The molecule has 2 aromatic heterocycles. The second-order valence-corrected chi connectivity index (χ2v) is 9.16. The summed E-state index contributed by atoms with van der Waals surface area (Å²) in [7, 11) is 0. The van der Waals surface area contributed by atoms with Gasteiger partial charge < -0.3 is 15.4 Å². The normalized spacial score (nSPS) is 13.2. The van der Waals surface area contributed by atoms with E-state index in [1.54, 1.807) is 17.4 Å². The van der Waals surface area contributed by atoms with Crippen LogP contribution in [-0.2, 0) is 12.8 Å². The second-order valence-electron chi connectivity index (χ2n) is 7.11. The molecule has 1 aromatic carbocycles. The Hall–Kier alpha value is -2.64. The van der Waals surface area contributed by atoms with Gasteiger partial charge in [0.05, 0.1) is 17.0 Å². The van der Waals surface area contributed by atoms with Crippen molar-refractivity contribution in [1.82, 2.24) is 0 Å². The van der Waals surface area contributed by atoms with Crippen LogP contribution in [0.3, 0.4) is 0 Å². The molecular weight excluding hydrogens is 416 g/mol. The topological polar surface area (TPSA) is 67.4 Å². The number of hydrogen-bond donors (Lipinski definition) is 2. The molecule has 0 atom stereocenters. The van der Waals surface area contributed by atoms with Crippen LogP contribution in [0.5, 0.6) is 5.75 Å². The van der Waals surface area contributed by atoms with Crippen LogP contribution in [0.2, 0.25) is 0 Å². The summed E-state index contributed by atoms with van der Waals surface area (Å²) in [6.45, 7) is 2.53. The van der Waals surface area contributed by atoms with Gasteiger partial charge in [0.1, 0.15) is 10.8 Å². The van der Waals surface area contributed by atoms with Crippen molar-refractivity contribution in [2.75, 3.05) is 17.2 Å². The van der Waals surface area contributed by atoms with E-state index in [1.807, 2.05) is 42.6 Å². The summed E-state index contributed by atoms with van der Waals surface area (Å²) in [6, 6.07) is 11.0. The molecule has 7 heteroatoms. The molecular formula is C23H24N2O3S2. The van der Waals surface area contributed by atoms with Crippen molar-refractivity contribution < 1.29 is 14.3 Å². The molecule has 30 heavy (non-hydrogen) atoms. The van der Waals surface area contributed by atoms with Gasteiger partial charge in [-0.05, 0) is 73.9 Å². The van der Waals surface area contributed by atoms with E-state index in [-0.39, 0.29) is 11.8 Å². The van der Waals surface area contributed by atoms with Gasteiger partial charge in [0, 0.05) is 10.6 Å². The number of carbonyl (C=O) groups excluding carboxylic acids is 2. The van der Waals surface area contributed by atoms with E-state index in [4.69, 9.17) is 4.74 Å². The molecule has 3 aromatic rings. The van der Waals surface area contributed by atoms with Crippen molar-refractivity contribution in [3.8, 4) is 5.75 Å². The number of anilines is 2. The monoisotopic (exact) mass is 440 g/mol. The van der Waals surface area contributed by atoms with E-state index in [9.17, 15) is 9.59 Å². The highest BCUT2D eigenvalue weighted by Crippen LogP contribution is 2.38. The summed E-state index contributed by atoms with van der Waals surface area (Å²) in [5, 5.41) is 8.50. The maximum atomic E-state index is 13.3. The molecule has 0 saturated carbocycles. The number of benzene rings is 1. The highest BCUT2D eigenvalue weighted by Gasteiger charge is 2.26. The fraction of sp³-hybridized carbons (Fsp3) is 0.304. The number of carbonyl (C=O) groups is 2. The Bertz CT molecular complexity index is 1020. The largest absolute Gasteiger partial charge is 0.494 e. The number of rotatable bonds is 6. The number of ether oxygens (including phenoxy) is 1. The number of aryl methyl sites for hydroxylation is 1. The summed E-state index contributed by atoms with van der Waals surface area (Å²) in [5.41, 5.74) is 2.39. The number of nitrogens with one attached hydrogen (secondary N) is 2. The zero-order valence-electron chi connectivity index (χ0n) is 16.8. The Morgan fingerprint density at radius 1 is 1.00 bits per heavy atom. The molecule has 2 heterocycles. The van der Waals surface area contributed by atoms with Gasteiger partial charge in [0.15, 0.2) is 0 Å². The van der Waals surface area contributed by atoms with Gasteiger partial charge in [-0.1, -0.05) is 12.5 Å². The molecule has 0 radical (unpaired) electrons. The molecule has 0 saturated heterocycles. The maximum absolute atomic E-state index is 13.3. The lowest BCUT2D eigenvalue weighted by molar-refractivity contribution is 0.102. The number of hydrogen-bond acceptors (Lipinski definition) is 5. The van der Waals surface area contributed by atoms with Crippen LogP contribution in [0.1, 0.15) is 56.7 Å². The Morgan fingerprint density at radius 2 is 1.80 bits per heavy atom. The van der Waals surface area contributed by atoms with E-state index in [1.165, 1.54) is 16.2 Å². The summed E-state index contributed by atoms with van der Waals surface area (Å²) >= 11 is 2.93. The third-order valence-corrected chi connectivity index (χ3v) is 7.12. The quantitative estimate of drug-likeness (QED) is 0.463. The standard InChI is InChI=1S/C23H24N2O3S2/c1-2-28-16-12-10-15(11-13-16)24-22(27)20-17-7-4-3-5-8-18(17)30-23(20)25-21(26)19-9-6-14-29-19/h6,9-14H,2-5,7-8H2,1H3,(H,24,27)(H,25,26). The van der Waals surface area contributed by atoms with E-state index in [0.29, 0.717) is 27.7 Å². The van der Waals surface area contributed by atoms with Crippen LogP contribution in [0.25, 0.3) is 0 Å². The molecule has 0 fully saturated rings. The molecule has 0 spiro atoms. The van der Waals surface area contributed by atoms with E-state index in [0.717, 1.165) is 43.4 Å². The Balaban J connectivity index is 1.61. The van der Waals surface area contributed by atoms with Crippen LogP contribution < -0.4 is 15.4 Å². The van der Waals surface area contributed by atoms with Gasteiger partial charge in [-0.15, -0.1) is 22.7 Å². The SMILES string of the molecule is CCOc1ccc(NC(=O)c2c(NC(=O)c3cccs3)sc3c2CCCCC3)cc1. The molecule has 2 amide bonds. The zero-order chi connectivity index (χ0) is 20.9. The lowest BCUT2D eigenvalue weighted by Crippen LogP contribution is -2.17. The summed E-state index contributed by atoms with van der Waals surface area (Å²) in [6.07, 6.45) is 5.17. The Kier molecular flexibility index (Phi) is 6.50. The van der Waals surface area contributed by atoms with Gasteiger partial charge in [0.2, 0.25) is 0 Å². The molecule has 0 bridgehead atoms. The lowest BCUT2D eigenvalue weighted by atomic mass is 10.0. The minimum Gasteiger partial charge on any atom is -0.494 e. The lowest BCUT2D eigenvalue weighted by Gasteiger charge is -2.10. The predicted molar refractivity (Wildman–Crippen MR) is 123 cm³/mol. The zero-order valence-corrected chi connectivity index (χ0v) is 18.5. The molecule has 4 rings (SSSR count). The van der Waals surface area contributed by atoms with Gasteiger partial charge in [0.25, 0.3) is 11.8 Å². The third-order valence-electron chi connectivity index (χ3n) is 5.04. The van der Waals surface area contributed by atoms with Crippen molar-refractivity contribution in [3.05, 3.63) is 62.7 Å². The van der Waals surface area contributed by atoms with E-state index in [2.05, 4.69) is 10.6 Å². The summed E-state index contributed by atoms with van der Waals surface area (Å²) < 4.78 is 5.47. The molecule has 156 valence electrons. The van der Waals surface area contributed by atoms with E-state index >= 15 is 0 Å². The Labute approximate surface area is 184 Å². The van der Waals surface area contributed by atoms with Gasteiger partial charge in [-0.25, -0.2) is 0 Å². The van der Waals surface area contributed by atoms with Crippen LogP contribution in [0, 0.1) is 0 Å². The van der Waals surface area contributed by atoms with Crippen molar-refractivity contribution >= 4 is 45.2 Å². The molecule has 2 N–H and O–H groups in total. The maximum Gasteiger partial charge on any atom is 0.266 e. The molecule has 1 aliphatic carbocycles. The highest BCUT2D eigenvalue weighted by molar-refractivity contribution is 7.17. The van der Waals surface area contributed by atoms with Crippen molar-refractivity contribution in [2.45, 2.75) is 39.0 Å². The minimum absolute atomic E-state index is 0.170. The first-order valence-electron chi connectivity index (χ1n) is 10.2. The van der Waals surface area contributed by atoms with Crippen molar-refractivity contribution in [2.24, 2.45) is 0 Å². The van der Waals surface area contributed by atoms with Gasteiger partial charge >= 0.3 is 0 Å². The van der Waals surface area contributed by atoms with Crippen molar-refractivity contribution in [3.63, 3.8) is 0 Å². The third kappa shape index (κ3) is 4.57. The number of thiophene rings is 2. The average molecular weight is 441 g/mol. The average Bonchev–Trinajstić information content (AvgIpc) is 3.33. The molecule has 0 unspecified atom stereocenters. The Morgan fingerprint density at radius 3 is 2.53 bits per heavy atom. The minimum atomic E-state index is -0.181. The van der Waals surface area contributed by atoms with Crippen LogP contribution >= 0.6 is 22.7 Å². The van der Waals surface area contributed by atoms with Crippen LogP contribution in [0.4, 0.5) is 10.7 Å².